The topological polar surface area (TPSA) is 75.9 Å². The third-order valence-corrected chi connectivity index (χ3v) is 5.31. The van der Waals surface area contributed by atoms with Gasteiger partial charge in [0.2, 0.25) is 0 Å². The zero-order valence-electron chi connectivity index (χ0n) is 15.6. The Bertz CT molecular complexity index is 966. The average molecular weight is 445 g/mol. The highest BCUT2D eigenvalue weighted by Crippen LogP contribution is 2.19. The van der Waals surface area contributed by atoms with Crippen LogP contribution in [0, 0.1) is 0 Å². The van der Waals surface area contributed by atoms with Crippen LogP contribution in [0.3, 0.4) is 0 Å². The lowest BCUT2D eigenvalue weighted by atomic mass is 10.2. The van der Waals surface area contributed by atoms with Crippen LogP contribution in [-0.2, 0) is 11.2 Å². The number of benzene rings is 1. The number of aryl methyl sites for hydroxylation is 1. The minimum Gasteiger partial charge on any atom is -0.484 e. The van der Waals surface area contributed by atoms with Gasteiger partial charge in [-0.15, -0.1) is 0 Å². The minimum atomic E-state index is -0.00236. The molecule has 0 atom stereocenters. The number of carbonyl (C=O) groups is 1. The highest BCUT2D eigenvalue weighted by atomic mass is 79.9. The first-order valence-corrected chi connectivity index (χ1v) is 10.0. The average Bonchev–Trinajstić information content (AvgIpc) is 3.21. The summed E-state index contributed by atoms with van der Waals surface area (Å²) in [6.07, 6.45) is 2.35. The molecule has 0 aliphatic carbocycles. The predicted molar refractivity (Wildman–Crippen MR) is 109 cm³/mol. The molecule has 1 fully saturated rings. The van der Waals surface area contributed by atoms with Gasteiger partial charge in [-0.1, -0.05) is 22.9 Å². The van der Waals surface area contributed by atoms with Crippen LogP contribution in [0.4, 0.5) is 5.82 Å². The predicted octanol–water partition coefficient (Wildman–Crippen LogP) is 2.18. The van der Waals surface area contributed by atoms with Crippen LogP contribution in [0.15, 0.2) is 41.1 Å². The summed E-state index contributed by atoms with van der Waals surface area (Å²) in [6.45, 7) is 4.86. The van der Waals surface area contributed by atoms with E-state index in [-0.39, 0.29) is 12.5 Å². The Hall–Kier alpha value is -2.68. The molecule has 1 aliphatic rings. The Balaban J connectivity index is 1.37. The summed E-state index contributed by atoms with van der Waals surface area (Å²) in [5, 5.41) is 4.29. The Morgan fingerprint density at radius 3 is 2.64 bits per heavy atom. The van der Waals surface area contributed by atoms with Gasteiger partial charge in [0, 0.05) is 42.4 Å². The molecule has 0 N–H and O–H groups in total. The number of aromatic nitrogens is 4. The van der Waals surface area contributed by atoms with Gasteiger partial charge in [-0.05, 0) is 30.7 Å². The number of hydrogen-bond acceptors (Lipinski definition) is 6. The van der Waals surface area contributed by atoms with E-state index in [0.29, 0.717) is 24.6 Å². The standard InChI is InChI=1S/C19H21BrN6O2/c1-2-15-11-17(26-19(23-15)21-13-22-26)24-7-9-25(10-8-24)18(27)12-28-16-5-3-14(20)4-6-16/h3-6,11,13H,2,7-10,12H2,1H3. The number of rotatable bonds is 5. The van der Waals surface area contributed by atoms with Crippen molar-refractivity contribution in [2.45, 2.75) is 13.3 Å². The molecule has 0 saturated carbocycles. The van der Waals surface area contributed by atoms with Crippen LogP contribution < -0.4 is 9.64 Å². The van der Waals surface area contributed by atoms with E-state index in [0.717, 1.165) is 35.5 Å². The van der Waals surface area contributed by atoms with Crippen molar-refractivity contribution in [2.75, 3.05) is 37.7 Å². The molecule has 8 nitrogen and oxygen atoms in total. The molecule has 2 aromatic heterocycles. The normalized spacial score (nSPS) is 14.5. The van der Waals surface area contributed by atoms with Gasteiger partial charge in [-0.3, -0.25) is 4.79 Å². The molecule has 0 radical (unpaired) electrons. The lowest BCUT2D eigenvalue weighted by Crippen LogP contribution is -2.50. The lowest BCUT2D eigenvalue weighted by Gasteiger charge is -2.35. The van der Waals surface area contributed by atoms with Gasteiger partial charge < -0.3 is 14.5 Å². The number of fused-ring (bicyclic) bond motifs is 1. The molecule has 0 spiro atoms. The summed E-state index contributed by atoms with van der Waals surface area (Å²) in [5.41, 5.74) is 0.983. The van der Waals surface area contributed by atoms with Crippen LogP contribution in [0.5, 0.6) is 5.75 Å². The largest absolute Gasteiger partial charge is 0.484 e. The van der Waals surface area contributed by atoms with Crippen LogP contribution in [0.2, 0.25) is 0 Å². The van der Waals surface area contributed by atoms with Crippen molar-refractivity contribution < 1.29 is 9.53 Å². The van der Waals surface area contributed by atoms with Crippen molar-refractivity contribution in [3.8, 4) is 5.75 Å². The molecule has 9 heteroatoms. The molecule has 3 heterocycles. The van der Waals surface area contributed by atoms with Crippen molar-refractivity contribution in [3.63, 3.8) is 0 Å². The number of amides is 1. The molecule has 1 aromatic carbocycles. The number of piperazine rings is 1. The smallest absolute Gasteiger partial charge is 0.260 e. The molecule has 1 amide bonds. The number of anilines is 1. The van der Waals surface area contributed by atoms with E-state index in [1.165, 1.54) is 6.33 Å². The third kappa shape index (κ3) is 3.94. The fourth-order valence-corrected chi connectivity index (χ4v) is 3.47. The van der Waals surface area contributed by atoms with Gasteiger partial charge in [-0.2, -0.15) is 14.6 Å². The minimum absolute atomic E-state index is 0.00236. The fraction of sp³-hybridized carbons (Fsp3) is 0.368. The van der Waals surface area contributed by atoms with Crippen molar-refractivity contribution in [2.24, 2.45) is 0 Å². The second-order valence-electron chi connectivity index (χ2n) is 6.54. The second-order valence-corrected chi connectivity index (χ2v) is 7.46. The van der Waals surface area contributed by atoms with Crippen molar-refractivity contribution in [1.29, 1.82) is 0 Å². The summed E-state index contributed by atoms with van der Waals surface area (Å²) < 4.78 is 8.34. The number of nitrogens with zero attached hydrogens (tertiary/aromatic N) is 6. The maximum absolute atomic E-state index is 12.5. The molecular formula is C19H21BrN6O2. The van der Waals surface area contributed by atoms with Gasteiger partial charge >= 0.3 is 0 Å². The van der Waals surface area contributed by atoms with E-state index in [9.17, 15) is 4.79 Å². The van der Waals surface area contributed by atoms with E-state index in [1.807, 2.05) is 29.2 Å². The van der Waals surface area contributed by atoms with Crippen LogP contribution in [0.1, 0.15) is 12.6 Å². The first-order valence-electron chi connectivity index (χ1n) is 9.25. The molecule has 0 unspecified atom stereocenters. The van der Waals surface area contributed by atoms with Crippen LogP contribution >= 0.6 is 15.9 Å². The summed E-state index contributed by atoms with van der Waals surface area (Å²) in [7, 11) is 0. The van der Waals surface area contributed by atoms with E-state index in [1.54, 1.807) is 4.52 Å². The highest BCUT2D eigenvalue weighted by Gasteiger charge is 2.23. The Labute approximate surface area is 171 Å². The number of carbonyl (C=O) groups excluding carboxylic acids is 1. The van der Waals surface area contributed by atoms with E-state index < -0.39 is 0 Å². The van der Waals surface area contributed by atoms with Crippen molar-refractivity contribution in [1.82, 2.24) is 24.5 Å². The van der Waals surface area contributed by atoms with Gasteiger partial charge in [0.25, 0.3) is 11.7 Å². The zero-order chi connectivity index (χ0) is 19.5. The maximum Gasteiger partial charge on any atom is 0.260 e. The van der Waals surface area contributed by atoms with Crippen LogP contribution in [0.25, 0.3) is 5.78 Å². The molecule has 3 aromatic rings. The van der Waals surface area contributed by atoms with Crippen molar-refractivity contribution in [3.05, 3.63) is 46.8 Å². The molecule has 1 saturated heterocycles. The first kappa shape index (κ1) is 18.7. The molecule has 28 heavy (non-hydrogen) atoms. The van der Waals surface area contributed by atoms with Crippen LogP contribution in [-0.4, -0.2) is 63.2 Å². The lowest BCUT2D eigenvalue weighted by molar-refractivity contribution is -0.133. The van der Waals surface area contributed by atoms with Gasteiger partial charge in [0.05, 0.1) is 0 Å². The Kier molecular flexibility index (Phi) is 5.43. The van der Waals surface area contributed by atoms with E-state index >= 15 is 0 Å². The van der Waals surface area contributed by atoms with Crippen molar-refractivity contribution >= 4 is 33.4 Å². The third-order valence-electron chi connectivity index (χ3n) is 4.78. The molecule has 0 bridgehead atoms. The maximum atomic E-state index is 12.5. The molecular weight excluding hydrogens is 424 g/mol. The highest BCUT2D eigenvalue weighted by molar-refractivity contribution is 9.10. The Morgan fingerprint density at radius 1 is 1.18 bits per heavy atom. The summed E-state index contributed by atoms with van der Waals surface area (Å²) in [5.74, 6) is 2.26. The summed E-state index contributed by atoms with van der Waals surface area (Å²) in [6, 6.07) is 9.52. The van der Waals surface area contributed by atoms with Gasteiger partial charge in [0.1, 0.15) is 17.9 Å². The summed E-state index contributed by atoms with van der Waals surface area (Å²) in [4.78, 5) is 25.3. The number of halogens is 1. The summed E-state index contributed by atoms with van der Waals surface area (Å²) >= 11 is 3.38. The number of hydrogen-bond donors (Lipinski definition) is 0. The van der Waals surface area contributed by atoms with E-state index in [2.05, 4.69) is 48.9 Å². The fourth-order valence-electron chi connectivity index (χ4n) is 3.20. The van der Waals surface area contributed by atoms with Gasteiger partial charge in [-0.25, -0.2) is 4.98 Å². The SMILES string of the molecule is CCc1cc(N2CCN(C(=O)COc3ccc(Br)cc3)CC2)n2ncnc2n1. The molecule has 1 aliphatic heterocycles. The van der Waals surface area contributed by atoms with Gasteiger partial charge in [0.15, 0.2) is 6.61 Å². The zero-order valence-corrected chi connectivity index (χ0v) is 17.2. The Morgan fingerprint density at radius 2 is 1.93 bits per heavy atom. The quantitative estimate of drug-likeness (QED) is 0.600. The van der Waals surface area contributed by atoms with E-state index in [4.69, 9.17) is 4.74 Å². The first-order chi connectivity index (χ1) is 13.6. The second kappa shape index (κ2) is 8.14. The molecule has 146 valence electrons. The molecule has 4 rings (SSSR count). The number of ether oxygens (including phenoxy) is 1. The monoisotopic (exact) mass is 444 g/mol.